The lowest BCUT2D eigenvalue weighted by atomic mass is 10.00. The molecule has 0 amide bonds. The van der Waals surface area contributed by atoms with Crippen LogP contribution in [0, 0.1) is 13.8 Å². The molecule has 0 aliphatic carbocycles. The van der Waals surface area contributed by atoms with Gasteiger partial charge in [-0.15, -0.1) is 24.0 Å². The Hall–Kier alpha value is -0.860. The van der Waals surface area contributed by atoms with Crippen LogP contribution in [0.4, 0.5) is 0 Å². The number of morpholine rings is 1. The zero-order valence-corrected chi connectivity index (χ0v) is 21.5. The number of hydrogen-bond acceptors (Lipinski definition) is 3. The van der Waals surface area contributed by atoms with Gasteiger partial charge in [0.15, 0.2) is 5.96 Å². The number of halogens is 1. The van der Waals surface area contributed by atoms with Gasteiger partial charge >= 0.3 is 0 Å². The molecule has 1 heterocycles. The van der Waals surface area contributed by atoms with Crippen LogP contribution in [-0.2, 0) is 4.74 Å². The van der Waals surface area contributed by atoms with Crippen LogP contribution >= 0.6 is 24.0 Å². The maximum atomic E-state index is 6.11. The highest BCUT2D eigenvalue weighted by molar-refractivity contribution is 14.0. The first-order chi connectivity index (χ1) is 13.4. The van der Waals surface area contributed by atoms with Crippen molar-refractivity contribution in [3.05, 3.63) is 34.9 Å². The summed E-state index contributed by atoms with van der Waals surface area (Å²) in [5.74, 6) is 1.03. The molecule has 1 aromatic rings. The first-order valence-corrected chi connectivity index (χ1v) is 10.8. The zero-order chi connectivity index (χ0) is 20.5. The molecule has 1 fully saturated rings. The lowest BCUT2D eigenvalue weighted by Gasteiger charge is -2.36. The van der Waals surface area contributed by atoms with Crippen molar-refractivity contribution in [1.29, 1.82) is 0 Å². The fourth-order valence-corrected chi connectivity index (χ4v) is 3.56. The number of guanidine groups is 1. The van der Waals surface area contributed by atoms with Crippen LogP contribution in [0.2, 0.25) is 0 Å². The van der Waals surface area contributed by atoms with E-state index in [4.69, 9.17) is 9.73 Å². The Bertz CT molecular complexity index is 635. The Morgan fingerprint density at radius 3 is 2.72 bits per heavy atom. The van der Waals surface area contributed by atoms with E-state index in [1.54, 1.807) is 0 Å². The van der Waals surface area contributed by atoms with Gasteiger partial charge in [0.05, 0.1) is 13.2 Å². The summed E-state index contributed by atoms with van der Waals surface area (Å²) in [6, 6.07) is 7.24. The van der Waals surface area contributed by atoms with Gasteiger partial charge in [-0.3, -0.25) is 4.99 Å². The Morgan fingerprint density at radius 2 is 2.07 bits per heavy atom. The van der Waals surface area contributed by atoms with E-state index in [0.29, 0.717) is 6.04 Å². The largest absolute Gasteiger partial charge is 0.370 e. The van der Waals surface area contributed by atoms with Crippen LogP contribution in [0.1, 0.15) is 56.4 Å². The number of aryl methyl sites for hydroxylation is 2. The highest BCUT2D eigenvalue weighted by Gasteiger charge is 2.25. The fraction of sp³-hybridized carbons (Fsp3) is 0.696. The Labute approximate surface area is 195 Å². The summed E-state index contributed by atoms with van der Waals surface area (Å²) in [6.07, 6.45) is 2.42. The molecule has 166 valence electrons. The van der Waals surface area contributed by atoms with E-state index < -0.39 is 0 Å². The molecule has 0 saturated carbocycles. The Balaban J connectivity index is 0.00000420. The molecule has 0 radical (unpaired) electrons. The summed E-state index contributed by atoms with van der Waals surface area (Å²) in [5.41, 5.74) is 3.90. The number of benzene rings is 1. The number of aliphatic imine (C=N–C) groups is 1. The number of unbranched alkanes of at least 4 members (excludes halogenated alkanes) is 1. The third-order valence-corrected chi connectivity index (χ3v) is 5.54. The second-order valence-electron chi connectivity index (χ2n) is 8.18. The van der Waals surface area contributed by atoms with Crippen molar-refractivity contribution in [2.45, 2.75) is 59.6 Å². The van der Waals surface area contributed by atoms with Gasteiger partial charge in [0.1, 0.15) is 6.10 Å². The number of ether oxygens (including phenoxy) is 1. The van der Waals surface area contributed by atoms with Gasteiger partial charge < -0.3 is 19.9 Å². The minimum absolute atomic E-state index is 0. The topological polar surface area (TPSA) is 40.1 Å². The molecule has 1 N–H and O–H groups in total. The molecular weight excluding hydrogens is 475 g/mol. The third kappa shape index (κ3) is 8.42. The summed E-state index contributed by atoms with van der Waals surface area (Å²) in [5, 5.41) is 3.48. The minimum Gasteiger partial charge on any atom is -0.370 e. The van der Waals surface area contributed by atoms with Gasteiger partial charge in [0.25, 0.3) is 0 Å². The van der Waals surface area contributed by atoms with Gasteiger partial charge in [-0.1, -0.05) is 23.8 Å². The number of nitrogens with zero attached hydrogens (tertiary/aromatic N) is 3. The normalized spacial score (nSPS) is 17.6. The van der Waals surface area contributed by atoms with Crippen LogP contribution in [0.15, 0.2) is 23.2 Å². The zero-order valence-electron chi connectivity index (χ0n) is 19.2. The molecule has 29 heavy (non-hydrogen) atoms. The molecular formula is C23H41IN4O. The van der Waals surface area contributed by atoms with Crippen LogP contribution in [0.25, 0.3) is 0 Å². The number of nitrogens with one attached hydrogen (secondary N) is 1. The van der Waals surface area contributed by atoms with Crippen LogP contribution in [-0.4, -0.2) is 68.2 Å². The van der Waals surface area contributed by atoms with Gasteiger partial charge in [0, 0.05) is 25.7 Å². The van der Waals surface area contributed by atoms with Gasteiger partial charge in [-0.05, 0) is 72.2 Å². The second-order valence-corrected chi connectivity index (χ2v) is 8.18. The molecule has 2 rings (SSSR count). The molecule has 1 saturated heterocycles. The molecule has 1 aliphatic rings. The SMILES string of the molecule is CCNC(=NCCCCN(C)C(C)C)N1CCOC(c2ccc(C)cc2C)C1.I. The van der Waals surface area contributed by atoms with Crippen molar-refractivity contribution >= 4 is 29.9 Å². The summed E-state index contributed by atoms with van der Waals surface area (Å²) in [7, 11) is 2.19. The highest BCUT2D eigenvalue weighted by atomic mass is 127. The van der Waals surface area contributed by atoms with Crippen LogP contribution < -0.4 is 5.32 Å². The van der Waals surface area contributed by atoms with E-state index >= 15 is 0 Å². The van der Waals surface area contributed by atoms with Crippen molar-refractivity contribution in [3.8, 4) is 0 Å². The third-order valence-electron chi connectivity index (χ3n) is 5.54. The maximum absolute atomic E-state index is 6.11. The van der Waals surface area contributed by atoms with Gasteiger partial charge in [0.2, 0.25) is 0 Å². The lowest BCUT2D eigenvalue weighted by molar-refractivity contribution is -0.00833. The van der Waals surface area contributed by atoms with E-state index in [2.05, 4.69) is 75.0 Å². The predicted molar refractivity (Wildman–Crippen MR) is 135 cm³/mol. The summed E-state index contributed by atoms with van der Waals surface area (Å²) in [4.78, 5) is 9.65. The first kappa shape index (κ1) is 26.2. The molecule has 0 spiro atoms. The van der Waals surface area contributed by atoms with Crippen LogP contribution in [0.3, 0.4) is 0 Å². The minimum atomic E-state index is 0. The molecule has 1 aromatic carbocycles. The fourth-order valence-electron chi connectivity index (χ4n) is 3.56. The monoisotopic (exact) mass is 516 g/mol. The maximum Gasteiger partial charge on any atom is 0.194 e. The lowest BCUT2D eigenvalue weighted by Crippen LogP contribution is -2.48. The van der Waals surface area contributed by atoms with E-state index in [0.717, 1.165) is 51.7 Å². The Kier molecular flexibility index (Phi) is 12.1. The van der Waals surface area contributed by atoms with Crippen molar-refractivity contribution < 1.29 is 4.74 Å². The van der Waals surface area contributed by atoms with Crippen molar-refractivity contribution in [3.63, 3.8) is 0 Å². The smallest absolute Gasteiger partial charge is 0.194 e. The average Bonchev–Trinajstić information content (AvgIpc) is 2.66. The Morgan fingerprint density at radius 1 is 1.31 bits per heavy atom. The second kappa shape index (κ2) is 13.4. The predicted octanol–water partition coefficient (Wildman–Crippen LogP) is 4.38. The molecule has 1 aliphatic heterocycles. The summed E-state index contributed by atoms with van der Waals surface area (Å²) in [6.45, 7) is 16.3. The summed E-state index contributed by atoms with van der Waals surface area (Å²) < 4.78 is 6.11. The molecule has 0 bridgehead atoms. The van der Waals surface area contributed by atoms with Crippen LogP contribution in [0.5, 0.6) is 0 Å². The number of rotatable bonds is 8. The van der Waals surface area contributed by atoms with Crippen molar-refractivity contribution in [1.82, 2.24) is 15.1 Å². The van der Waals surface area contributed by atoms with E-state index in [1.807, 2.05) is 0 Å². The standard InChI is InChI=1S/C23H40N4O.HI/c1-7-24-23(25-12-8-9-13-26(6)18(2)3)27-14-15-28-22(17-27)21-11-10-19(4)16-20(21)5;/h10-11,16,18,22H,7-9,12-15,17H2,1-6H3,(H,24,25);1H. The van der Waals surface area contributed by atoms with Crippen molar-refractivity contribution in [2.75, 3.05) is 46.4 Å². The highest BCUT2D eigenvalue weighted by Crippen LogP contribution is 2.25. The molecule has 1 unspecified atom stereocenters. The van der Waals surface area contributed by atoms with E-state index in [9.17, 15) is 0 Å². The van der Waals surface area contributed by atoms with E-state index in [-0.39, 0.29) is 30.1 Å². The molecule has 5 nitrogen and oxygen atoms in total. The molecule has 6 heteroatoms. The van der Waals surface area contributed by atoms with Crippen molar-refractivity contribution in [2.24, 2.45) is 4.99 Å². The quantitative estimate of drug-likeness (QED) is 0.241. The molecule has 1 atom stereocenters. The first-order valence-electron chi connectivity index (χ1n) is 10.8. The van der Waals surface area contributed by atoms with Gasteiger partial charge in [-0.25, -0.2) is 0 Å². The summed E-state index contributed by atoms with van der Waals surface area (Å²) >= 11 is 0. The van der Waals surface area contributed by atoms with E-state index in [1.165, 1.54) is 23.1 Å². The average molecular weight is 517 g/mol. The van der Waals surface area contributed by atoms with Gasteiger partial charge in [-0.2, -0.15) is 0 Å². The molecule has 0 aromatic heterocycles. The number of hydrogen-bond donors (Lipinski definition) is 1.